The number of hydrogen-bond acceptors (Lipinski definition) is 8. The van der Waals surface area contributed by atoms with Crippen LogP contribution >= 0.6 is 0 Å². The van der Waals surface area contributed by atoms with E-state index in [1.165, 1.54) is 0 Å². The van der Waals surface area contributed by atoms with Crippen molar-refractivity contribution in [1.29, 1.82) is 0 Å². The van der Waals surface area contributed by atoms with Crippen molar-refractivity contribution in [3.05, 3.63) is 47.4 Å². The van der Waals surface area contributed by atoms with E-state index in [1.54, 1.807) is 6.07 Å². The first-order chi connectivity index (χ1) is 17.9. The van der Waals surface area contributed by atoms with Crippen molar-refractivity contribution >= 4 is 28.5 Å². The summed E-state index contributed by atoms with van der Waals surface area (Å²) in [5.74, 6) is 2.16. The predicted octanol–water partition coefficient (Wildman–Crippen LogP) is 4.96. The van der Waals surface area contributed by atoms with Gasteiger partial charge in [-0.25, -0.2) is 19.7 Å². The van der Waals surface area contributed by atoms with Crippen molar-refractivity contribution in [2.24, 2.45) is 0 Å². The Balaban J connectivity index is 0.000000316. The highest BCUT2D eigenvalue weighted by Gasteiger charge is 2.53. The Morgan fingerprint density at radius 2 is 1.89 bits per heavy atom. The molecule has 0 saturated carbocycles. The second-order valence-electron chi connectivity index (χ2n) is 11.5. The number of aromatic nitrogens is 3. The number of pyridine rings is 3. The van der Waals surface area contributed by atoms with Gasteiger partial charge in [-0.1, -0.05) is 6.07 Å². The Morgan fingerprint density at radius 3 is 2.55 bits per heavy atom. The minimum atomic E-state index is -0.513. The number of amides is 1. The minimum Gasteiger partial charge on any atom is -0.472 e. The molecule has 6 rings (SSSR count). The summed E-state index contributed by atoms with van der Waals surface area (Å²) in [6.45, 7) is 14.6. The number of hydrogen-bond donors (Lipinski definition) is 1. The van der Waals surface area contributed by atoms with E-state index < -0.39 is 5.60 Å². The lowest BCUT2D eigenvalue weighted by atomic mass is 9.97. The van der Waals surface area contributed by atoms with Gasteiger partial charge in [-0.15, -0.1) is 0 Å². The number of nitrogens with zero attached hydrogens (tertiary/aromatic N) is 5. The lowest BCUT2D eigenvalue weighted by Gasteiger charge is -2.48. The van der Waals surface area contributed by atoms with E-state index in [1.807, 2.05) is 57.0 Å². The lowest BCUT2D eigenvalue weighted by Crippen LogP contribution is -2.65. The highest BCUT2D eigenvalue weighted by Crippen LogP contribution is 2.45. The molecule has 0 radical (unpaired) electrons. The first-order valence-corrected chi connectivity index (χ1v) is 13.3. The zero-order chi connectivity index (χ0) is 27.4. The van der Waals surface area contributed by atoms with E-state index in [2.05, 4.69) is 35.6 Å². The van der Waals surface area contributed by atoms with Crippen molar-refractivity contribution in [2.45, 2.75) is 91.1 Å². The predicted molar refractivity (Wildman–Crippen MR) is 149 cm³/mol. The smallest absolute Gasteiger partial charge is 0.410 e. The number of fused-ring (bicyclic) bond motifs is 5. The summed E-state index contributed by atoms with van der Waals surface area (Å²) in [6, 6.07) is 7.77. The van der Waals surface area contributed by atoms with Crippen LogP contribution in [0.2, 0.25) is 0 Å². The van der Waals surface area contributed by atoms with Crippen LogP contribution in [0.4, 0.5) is 16.4 Å². The summed E-state index contributed by atoms with van der Waals surface area (Å²) in [7, 11) is 0. The number of aryl methyl sites for hydroxylation is 3. The van der Waals surface area contributed by atoms with Crippen molar-refractivity contribution in [3.8, 4) is 5.88 Å². The third kappa shape index (κ3) is 4.70. The average molecular weight is 519 g/mol. The van der Waals surface area contributed by atoms with Crippen LogP contribution in [0.25, 0.3) is 10.8 Å². The summed E-state index contributed by atoms with van der Waals surface area (Å²) in [6.07, 6.45) is 3.37. The first kappa shape index (κ1) is 26.0. The fourth-order valence-electron chi connectivity index (χ4n) is 5.95. The highest BCUT2D eigenvalue weighted by molar-refractivity contribution is 5.99. The molecule has 6 heterocycles. The van der Waals surface area contributed by atoms with Gasteiger partial charge in [0.1, 0.15) is 23.3 Å². The Bertz CT molecular complexity index is 1350. The molecule has 202 valence electrons. The second-order valence-corrected chi connectivity index (χ2v) is 11.5. The van der Waals surface area contributed by atoms with Gasteiger partial charge in [0.15, 0.2) is 0 Å². The lowest BCUT2D eigenvalue weighted by molar-refractivity contribution is 0.000957. The Morgan fingerprint density at radius 1 is 1.13 bits per heavy atom. The molecule has 3 aliphatic rings. The summed E-state index contributed by atoms with van der Waals surface area (Å²) >= 11 is 0. The largest absolute Gasteiger partial charge is 0.472 e. The maximum atomic E-state index is 13.1. The van der Waals surface area contributed by atoms with Gasteiger partial charge < -0.3 is 20.1 Å². The second kappa shape index (κ2) is 9.60. The quantitative estimate of drug-likeness (QED) is 0.445. The van der Waals surface area contributed by atoms with Crippen LogP contribution in [0.5, 0.6) is 5.88 Å². The van der Waals surface area contributed by atoms with Gasteiger partial charge in [0.2, 0.25) is 5.88 Å². The first-order valence-electron chi connectivity index (χ1n) is 13.3. The van der Waals surface area contributed by atoms with Crippen LogP contribution in [0.15, 0.2) is 30.5 Å². The maximum absolute atomic E-state index is 13.1. The van der Waals surface area contributed by atoms with Crippen LogP contribution in [-0.4, -0.2) is 62.3 Å². The fourth-order valence-corrected chi connectivity index (χ4v) is 5.95. The third-order valence-corrected chi connectivity index (χ3v) is 7.63. The van der Waals surface area contributed by atoms with E-state index in [0.29, 0.717) is 11.7 Å². The number of ether oxygens (including phenoxy) is 2. The van der Waals surface area contributed by atoms with Crippen molar-refractivity contribution < 1.29 is 14.3 Å². The zero-order valence-electron chi connectivity index (χ0n) is 23.4. The summed E-state index contributed by atoms with van der Waals surface area (Å²) < 4.78 is 12.2. The van der Waals surface area contributed by atoms with Gasteiger partial charge in [-0.2, -0.15) is 0 Å². The molecule has 3 aromatic heterocycles. The van der Waals surface area contributed by atoms with Crippen LogP contribution < -0.4 is 15.4 Å². The molecule has 3 aromatic rings. The van der Waals surface area contributed by atoms with E-state index >= 15 is 0 Å². The van der Waals surface area contributed by atoms with Gasteiger partial charge in [0.25, 0.3) is 0 Å². The molecule has 0 spiro atoms. The van der Waals surface area contributed by atoms with Gasteiger partial charge in [0, 0.05) is 24.1 Å². The van der Waals surface area contributed by atoms with Gasteiger partial charge in [-0.05, 0) is 90.5 Å². The SMILES string of the molecule is Cc1cccc(N)n1.Cc1nc2c3c(nccc3c1C)OC(C)C1C3CCC(CN21)N3C(=O)OC(C)(C)C. The van der Waals surface area contributed by atoms with E-state index in [9.17, 15) is 4.79 Å². The molecule has 2 saturated heterocycles. The van der Waals surface area contributed by atoms with Crippen molar-refractivity contribution in [2.75, 3.05) is 17.2 Å². The van der Waals surface area contributed by atoms with Crippen LogP contribution in [0.1, 0.15) is 57.5 Å². The van der Waals surface area contributed by atoms with Gasteiger partial charge in [0.05, 0.1) is 23.5 Å². The molecule has 9 heteroatoms. The van der Waals surface area contributed by atoms with Crippen LogP contribution in [0, 0.1) is 20.8 Å². The third-order valence-electron chi connectivity index (χ3n) is 7.63. The Labute approximate surface area is 224 Å². The molecule has 0 aromatic carbocycles. The Hall–Kier alpha value is -3.62. The molecule has 38 heavy (non-hydrogen) atoms. The van der Waals surface area contributed by atoms with E-state index in [4.69, 9.17) is 20.2 Å². The summed E-state index contributed by atoms with van der Waals surface area (Å²) in [5, 5.41) is 2.12. The number of rotatable bonds is 0. The van der Waals surface area contributed by atoms with Crippen molar-refractivity contribution in [3.63, 3.8) is 0 Å². The summed E-state index contributed by atoms with van der Waals surface area (Å²) in [4.78, 5) is 30.9. The van der Waals surface area contributed by atoms with E-state index in [-0.39, 0.29) is 30.3 Å². The minimum absolute atomic E-state index is 0.00303. The molecule has 2 N–H and O–H groups in total. The monoisotopic (exact) mass is 518 g/mol. The molecule has 2 bridgehead atoms. The molecule has 3 aliphatic heterocycles. The summed E-state index contributed by atoms with van der Waals surface area (Å²) in [5.41, 5.74) is 7.97. The Kier molecular flexibility index (Phi) is 6.57. The molecule has 2 fully saturated rings. The number of nitrogens with two attached hydrogens (primary N) is 1. The van der Waals surface area contributed by atoms with Gasteiger partial charge in [-0.3, -0.25) is 4.90 Å². The molecule has 4 unspecified atom stereocenters. The molecule has 9 nitrogen and oxygen atoms in total. The number of anilines is 2. The molecular formula is C29H38N6O3. The maximum Gasteiger partial charge on any atom is 0.410 e. The number of carbonyl (C=O) groups excluding carboxylic acids is 1. The number of nitrogen functional groups attached to an aromatic ring is 1. The van der Waals surface area contributed by atoms with E-state index in [0.717, 1.165) is 52.9 Å². The average Bonchev–Trinajstić information content (AvgIpc) is 3.07. The topological polar surface area (TPSA) is 107 Å². The zero-order valence-corrected chi connectivity index (χ0v) is 23.4. The standard InChI is InChI=1S/C23H30N4O3.C6H8N2/c1-12-13(2)25-20-18-16(12)9-10-24-21(18)29-14(3)19-17-8-7-15(11-26(19)20)27(17)22(28)30-23(4,5)6;1-5-3-2-4-6(7)8-5/h9-10,14-15,17,19H,7-8,11H2,1-6H3;2-4H,1H3,(H2,7,8). The van der Waals surface area contributed by atoms with Gasteiger partial charge >= 0.3 is 6.09 Å². The fraction of sp³-hybridized carbons (Fsp3) is 0.517. The van der Waals surface area contributed by atoms with Crippen molar-refractivity contribution in [1.82, 2.24) is 19.9 Å². The highest BCUT2D eigenvalue weighted by atomic mass is 16.6. The number of carbonyl (C=O) groups is 1. The molecule has 0 aliphatic carbocycles. The van der Waals surface area contributed by atoms with Crippen LogP contribution in [0.3, 0.4) is 0 Å². The normalized spacial score (nSPS) is 23.7. The van der Waals surface area contributed by atoms with Crippen LogP contribution in [-0.2, 0) is 4.74 Å². The number of piperazine rings is 1. The molecule has 4 atom stereocenters. The molecular weight excluding hydrogens is 480 g/mol. The molecule has 1 amide bonds.